The quantitative estimate of drug-likeness (QED) is 0.149. The zero-order valence-corrected chi connectivity index (χ0v) is 47.6. The minimum Gasteiger partial charge on any atom is -0.451 e. The Morgan fingerprint density at radius 1 is 0.360 bits per heavy atom. The van der Waals surface area contributed by atoms with E-state index in [0.717, 1.165) is 139 Å². The molecule has 11 heterocycles. The molecule has 9 aromatic heterocycles. The van der Waals surface area contributed by atoms with Crippen LogP contribution in [-0.4, -0.2) is 50.9 Å². The van der Waals surface area contributed by atoms with Crippen LogP contribution in [0.4, 0.5) is 11.4 Å². The minimum atomic E-state index is 0.0178. The number of aromatic nitrogens is 8. The van der Waals surface area contributed by atoms with Gasteiger partial charge in [0, 0.05) is 139 Å². The van der Waals surface area contributed by atoms with E-state index in [1.54, 1.807) is 0 Å². The smallest absolute Gasteiger partial charge is 0.163 e. The molecule has 416 valence electrons. The predicted octanol–water partition coefficient (Wildman–Crippen LogP) is 18.7. The first-order chi connectivity index (χ1) is 44.1. The molecule has 0 fully saturated rings. The van der Waals surface area contributed by atoms with Gasteiger partial charge in [0.15, 0.2) is 11.2 Å². The minimum absolute atomic E-state index is 0.0178. The number of hydrogen-bond acceptors (Lipinski definition) is 8. The van der Waals surface area contributed by atoms with Crippen LogP contribution in [0.2, 0.25) is 0 Å². The number of aliphatic imine (C=N–C) groups is 1. The van der Waals surface area contributed by atoms with Gasteiger partial charge in [0.25, 0.3) is 0 Å². The number of pyridine rings is 5. The lowest BCUT2D eigenvalue weighted by atomic mass is 9.92. The molecular formula is C78H48N10O. The molecule has 19 rings (SSSR count). The Morgan fingerprint density at radius 3 is 1.24 bits per heavy atom. The predicted molar refractivity (Wildman–Crippen MR) is 360 cm³/mol. The maximum absolute atomic E-state index is 7.54. The molecule has 0 bridgehead atoms. The molecule has 2 aliphatic heterocycles. The molecule has 2 atom stereocenters. The van der Waals surface area contributed by atoms with Crippen molar-refractivity contribution in [2.75, 3.05) is 4.90 Å². The fourth-order valence-corrected chi connectivity index (χ4v) is 14.3. The summed E-state index contributed by atoms with van der Waals surface area (Å²) in [5.74, 6) is 0.0178. The van der Waals surface area contributed by atoms with Crippen molar-refractivity contribution in [2.24, 2.45) is 4.99 Å². The van der Waals surface area contributed by atoms with Gasteiger partial charge in [-0.1, -0.05) is 97.1 Å². The van der Waals surface area contributed by atoms with E-state index in [2.05, 4.69) is 270 Å². The van der Waals surface area contributed by atoms with Crippen LogP contribution in [0.3, 0.4) is 0 Å². The van der Waals surface area contributed by atoms with E-state index in [4.69, 9.17) is 19.4 Å². The Kier molecular flexibility index (Phi) is 10.6. The molecule has 0 amide bonds. The highest BCUT2D eigenvalue weighted by atomic mass is 16.3. The number of benzene rings is 8. The molecule has 0 spiro atoms. The molecule has 0 saturated carbocycles. The molecule has 0 saturated heterocycles. The van der Waals surface area contributed by atoms with E-state index in [-0.39, 0.29) is 12.0 Å². The van der Waals surface area contributed by atoms with Gasteiger partial charge in [0.05, 0.1) is 50.5 Å². The zero-order valence-electron chi connectivity index (χ0n) is 47.6. The third-order valence-corrected chi connectivity index (χ3v) is 18.3. The summed E-state index contributed by atoms with van der Waals surface area (Å²) in [7, 11) is 0. The maximum Gasteiger partial charge on any atom is 0.163 e. The van der Waals surface area contributed by atoms with Crippen LogP contribution in [0.5, 0.6) is 0 Å². The zero-order chi connectivity index (χ0) is 58.3. The van der Waals surface area contributed by atoms with Crippen LogP contribution in [0.25, 0.3) is 149 Å². The Hall–Kier alpha value is -12.1. The van der Waals surface area contributed by atoms with E-state index in [1.807, 2.05) is 43.4 Å². The Labute approximate surface area is 508 Å². The first-order valence-corrected chi connectivity index (χ1v) is 29.9. The highest BCUT2D eigenvalue weighted by molar-refractivity contribution is 6.16. The second-order valence-corrected chi connectivity index (χ2v) is 23.1. The second-order valence-electron chi connectivity index (χ2n) is 23.1. The summed E-state index contributed by atoms with van der Waals surface area (Å²) in [5.41, 5.74) is 23.0. The van der Waals surface area contributed by atoms with Gasteiger partial charge in [0.2, 0.25) is 0 Å². The molecular weight excluding hydrogens is 1090 g/mol. The summed E-state index contributed by atoms with van der Waals surface area (Å²) in [6, 6.07) is 79.9. The van der Waals surface area contributed by atoms with Crippen LogP contribution in [0.1, 0.15) is 11.5 Å². The van der Waals surface area contributed by atoms with Gasteiger partial charge < -0.3 is 23.0 Å². The molecule has 0 N–H and O–H groups in total. The first kappa shape index (κ1) is 49.2. The average molecular weight is 1140 g/mol. The van der Waals surface area contributed by atoms with Crippen molar-refractivity contribution < 1.29 is 4.42 Å². The van der Waals surface area contributed by atoms with Crippen molar-refractivity contribution in [2.45, 2.75) is 12.0 Å². The fraction of sp³-hybridized carbons (Fsp3) is 0.0256. The van der Waals surface area contributed by atoms with Gasteiger partial charge in [-0.2, -0.15) is 0 Å². The Bertz CT molecular complexity index is 5820. The summed E-state index contributed by atoms with van der Waals surface area (Å²) < 4.78 is 14.5. The first-order valence-electron chi connectivity index (χ1n) is 29.9. The summed E-state index contributed by atoms with van der Waals surface area (Å²) in [6.45, 7) is 0. The van der Waals surface area contributed by atoms with Crippen molar-refractivity contribution in [1.29, 1.82) is 0 Å². The van der Waals surface area contributed by atoms with Gasteiger partial charge in [-0.25, -0.2) is 9.97 Å². The Morgan fingerprint density at radius 2 is 0.764 bits per heavy atom. The number of nitrogens with zero attached hydrogens (tertiary/aromatic N) is 10. The highest BCUT2D eigenvalue weighted by Gasteiger charge is 2.38. The monoisotopic (exact) mass is 1140 g/mol. The number of para-hydroxylation sites is 4. The molecule has 17 aromatic rings. The van der Waals surface area contributed by atoms with Gasteiger partial charge in [0.1, 0.15) is 11.0 Å². The van der Waals surface area contributed by atoms with Crippen molar-refractivity contribution in [3.8, 4) is 61.8 Å². The van der Waals surface area contributed by atoms with Crippen molar-refractivity contribution in [3.63, 3.8) is 0 Å². The second kappa shape index (κ2) is 19.2. The van der Waals surface area contributed by atoms with Crippen LogP contribution in [-0.2, 0) is 0 Å². The lowest BCUT2D eigenvalue weighted by molar-refractivity contribution is 0.669. The molecule has 11 heteroatoms. The number of rotatable bonds is 8. The van der Waals surface area contributed by atoms with Crippen LogP contribution in [0, 0.1) is 0 Å². The number of fused-ring (bicyclic) bond motifs is 15. The lowest BCUT2D eigenvalue weighted by Crippen LogP contribution is -2.29. The Balaban J connectivity index is 0.889. The standard InChI is InChI=1S/C78H48N10O/c1-5-13-51(14-6-1)85-67-25-21-47(37-57(67)61-43-79-33-29-71(61)85)55-41-65(49-23-27-69-59(39-49)63-45-81-35-31-73(63)87(69)53-17-9-3-10-18-53)83-75-76-78(89-77(55)75)56(48-22-26-68-58(38-48)62-44-80-34-30-72(62)86(68)52-15-7-2-8-16-52)42-66(84-76)50-24-28-70-60(40-50)64-46-82-36-32-74(64)88(70)54-19-11-4-12-20-54/h1-46,61,71H. The van der Waals surface area contributed by atoms with Crippen LogP contribution in [0.15, 0.2) is 283 Å². The van der Waals surface area contributed by atoms with Crippen molar-refractivity contribution >= 4 is 105 Å². The van der Waals surface area contributed by atoms with Crippen molar-refractivity contribution in [1.82, 2.24) is 38.6 Å². The summed E-state index contributed by atoms with van der Waals surface area (Å²) in [4.78, 5) is 32.7. The van der Waals surface area contributed by atoms with E-state index < -0.39 is 0 Å². The van der Waals surface area contributed by atoms with E-state index in [1.165, 1.54) is 5.56 Å². The maximum atomic E-state index is 7.54. The molecule has 0 aliphatic carbocycles. The fourth-order valence-electron chi connectivity index (χ4n) is 14.3. The molecule has 8 aromatic carbocycles. The molecule has 2 unspecified atom stereocenters. The SMILES string of the molecule is C1=CC2C(C=N1)c1cc(-c3cc(-c4ccc5c(c4)c4cnccc4n5-c4ccccc4)nc4c3oc3c(-c5ccc6c(c5)c5cnccc5n6-c5ccccc5)cc(-c5ccc6c(c5)c5cnccc5n6-c5ccccc5)nc34)ccc1N2c1ccccc1. The number of anilines is 2. The largest absolute Gasteiger partial charge is 0.451 e. The van der Waals surface area contributed by atoms with E-state index >= 15 is 0 Å². The topological polar surface area (TPSA) is 108 Å². The van der Waals surface area contributed by atoms with Crippen LogP contribution < -0.4 is 4.90 Å². The normalized spacial score (nSPS) is 14.6. The van der Waals surface area contributed by atoms with E-state index in [9.17, 15) is 0 Å². The third-order valence-electron chi connectivity index (χ3n) is 18.3. The average Bonchev–Trinajstić information content (AvgIpc) is 1.79. The number of hydrogen-bond donors (Lipinski definition) is 0. The molecule has 0 radical (unpaired) electrons. The molecule has 2 aliphatic rings. The lowest BCUT2D eigenvalue weighted by Gasteiger charge is -2.28. The van der Waals surface area contributed by atoms with Crippen LogP contribution >= 0.6 is 0 Å². The van der Waals surface area contributed by atoms with Crippen molar-refractivity contribution in [3.05, 3.63) is 279 Å². The number of furan rings is 1. The molecule has 89 heavy (non-hydrogen) atoms. The summed E-state index contributed by atoms with van der Waals surface area (Å²) in [6.07, 6.45) is 17.8. The van der Waals surface area contributed by atoms with E-state index in [0.29, 0.717) is 22.2 Å². The highest BCUT2D eigenvalue weighted by Crippen LogP contribution is 2.50. The van der Waals surface area contributed by atoms with Gasteiger partial charge in [-0.05, 0) is 150 Å². The summed E-state index contributed by atoms with van der Waals surface area (Å²) in [5, 5.41) is 6.37. The van der Waals surface area contributed by atoms with Gasteiger partial charge in [-0.15, -0.1) is 0 Å². The van der Waals surface area contributed by atoms with Gasteiger partial charge >= 0.3 is 0 Å². The third kappa shape index (κ3) is 7.45. The summed E-state index contributed by atoms with van der Waals surface area (Å²) >= 11 is 0. The van der Waals surface area contributed by atoms with Gasteiger partial charge in [-0.3, -0.25) is 19.9 Å². The molecule has 11 nitrogen and oxygen atoms in total.